The van der Waals surface area contributed by atoms with Crippen molar-refractivity contribution in [3.63, 3.8) is 0 Å². The van der Waals surface area contributed by atoms with Crippen LogP contribution in [-0.2, 0) is 4.79 Å². The summed E-state index contributed by atoms with van der Waals surface area (Å²) in [5, 5.41) is 8.18. The Morgan fingerprint density at radius 1 is 1.31 bits per heavy atom. The van der Waals surface area contributed by atoms with Crippen LogP contribution in [0.1, 0.15) is 15.9 Å². The third-order valence-corrected chi connectivity index (χ3v) is 2.69. The van der Waals surface area contributed by atoms with Gasteiger partial charge in [0, 0.05) is 4.90 Å². The molecule has 0 radical (unpaired) electrons. The molecule has 0 amide bonds. The molecule has 0 bridgehead atoms. The van der Waals surface area contributed by atoms with E-state index in [9.17, 15) is 9.59 Å². The van der Waals surface area contributed by atoms with E-state index < -0.39 is 10.9 Å². The molecule has 13 heavy (non-hydrogen) atoms. The smallest absolute Gasteiger partial charge is 0.264 e. The fraction of sp³-hybridized carbons (Fsp3) is 0. The Morgan fingerprint density at radius 2 is 2.08 bits per heavy atom. The lowest BCUT2D eigenvalue weighted by atomic mass is 10.1. The van der Waals surface area contributed by atoms with Gasteiger partial charge in [0.25, 0.3) is 5.12 Å². The zero-order chi connectivity index (χ0) is 9.42. The third-order valence-electron chi connectivity index (χ3n) is 1.76. The van der Waals surface area contributed by atoms with E-state index in [-0.39, 0.29) is 11.1 Å². The van der Waals surface area contributed by atoms with E-state index in [1.54, 1.807) is 12.1 Å². The fourth-order valence-corrected chi connectivity index (χ4v) is 2.04. The van der Waals surface area contributed by atoms with Crippen molar-refractivity contribution >= 4 is 22.7 Å². The van der Waals surface area contributed by atoms with E-state index in [1.807, 2.05) is 6.07 Å². The number of hydrogen-bond donors (Lipinski definition) is 0. The summed E-state index contributed by atoms with van der Waals surface area (Å²) in [4.78, 5) is 22.8. The predicted octanol–water partition coefficient (Wildman–Crippen LogP) is 1.37. The van der Waals surface area contributed by atoms with E-state index in [0.717, 1.165) is 11.8 Å². The van der Waals surface area contributed by atoms with Crippen molar-refractivity contribution in [1.29, 1.82) is 5.26 Å². The first-order valence-electron chi connectivity index (χ1n) is 3.53. The average molecular weight is 189 g/mol. The van der Waals surface area contributed by atoms with Crippen molar-refractivity contribution in [2.75, 3.05) is 0 Å². The Balaban J connectivity index is 2.73. The van der Waals surface area contributed by atoms with Crippen molar-refractivity contribution in [1.82, 2.24) is 0 Å². The molecule has 1 aliphatic heterocycles. The van der Waals surface area contributed by atoms with Gasteiger partial charge in [0.2, 0.25) is 5.78 Å². The van der Waals surface area contributed by atoms with E-state index in [0.29, 0.717) is 4.90 Å². The summed E-state index contributed by atoms with van der Waals surface area (Å²) in [6.07, 6.45) is 0. The monoisotopic (exact) mass is 189 g/mol. The minimum absolute atomic E-state index is 0.264. The van der Waals surface area contributed by atoms with E-state index in [1.165, 1.54) is 6.07 Å². The number of hydrogen-bond acceptors (Lipinski definition) is 4. The molecule has 0 saturated carbocycles. The highest BCUT2D eigenvalue weighted by Gasteiger charge is 2.31. The van der Waals surface area contributed by atoms with Crippen LogP contribution in [0.4, 0.5) is 0 Å². The Kier molecular flexibility index (Phi) is 1.67. The molecule has 0 spiro atoms. The topological polar surface area (TPSA) is 57.9 Å². The molecule has 0 unspecified atom stereocenters. The number of fused-ring (bicyclic) bond motifs is 1. The molecule has 1 aromatic carbocycles. The van der Waals surface area contributed by atoms with Crippen LogP contribution in [0.15, 0.2) is 23.1 Å². The first kappa shape index (κ1) is 8.02. The maximum Gasteiger partial charge on any atom is 0.264 e. The van der Waals surface area contributed by atoms with Gasteiger partial charge in [0.15, 0.2) is 0 Å². The van der Waals surface area contributed by atoms with Gasteiger partial charge in [0.05, 0.1) is 17.2 Å². The van der Waals surface area contributed by atoms with Crippen molar-refractivity contribution in [3.05, 3.63) is 29.3 Å². The molecule has 0 N–H and O–H groups in total. The summed E-state index contributed by atoms with van der Waals surface area (Å²) >= 11 is 0.889. The second-order valence-electron chi connectivity index (χ2n) is 2.51. The normalized spacial score (nSPS) is 14.1. The van der Waals surface area contributed by atoms with Crippen molar-refractivity contribution in [2.45, 2.75) is 4.90 Å². The SMILES string of the molecule is N#Cc1cccc2c1C(=O)C(=O)S2. The van der Waals surface area contributed by atoms with Crippen molar-refractivity contribution in [3.8, 4) is 6.07 Å². The molecule has 0 saturated heterocycles. The molecule has 0 fully saturated rings. The summed E-state index contributed by atoms with van der Waals surface area (Å²) in [7, 11) is 0. The second kappa shape index (κ2) is 2.71. The zero-order valence-corrected chi connectivity index (χ0v) is 7.22. The maximum absolute atomic E-state index is 11.3. The highest BCUT2D eigenvalue weighted by Crippen LogP contribution is 2.34. The summed E-state index contributed by atoms with van der Waals surface area (Å²) in [5.41, 5.74) is 0.542. The molecule has 0 aromatic heterocycles. The fourth-order valence-electron chi connectivity index (χ4n) is 1.19. The standard InChI is InChI=1S/C9H3NO2S/c10-4-5-2-1-3-6-7(5)8(11)9(12)13-6/h1-3H. The molecule has 1 aromatic rings. The Morgan fingerprint density at radius 3 is 2.77 bits per heavy atom. The number of nitriles is 1. The van der Waals surface area contributed by atoms with Gasteiger partial charge in [-0.3, -0.25) is 9.59 Å². The van der Waals surface area contributed by atoms with Gasteiger partial charge in [-0.1, -0.05) is 6.07 Å². The van der Waals surface area contributed by atoms with Crippen LogP contribution >= 0.6 is 11.8 Å². The number of carbonyl (C=O) groups excluding carboxylic acids is 2. The number of carbonyl (C=O) groups is 2. The summed E-state index contributed by atoms with van der Waals surface area (Å²) in [5.74, 6) is -0.558. The van der Waals surface area contributed by atoms with Crippen LogP contribution < -0.4 is 0 Å². The van der Waals surface area contributed by atoms with Crippen LogP contribution in [0, 0.1) is 11.3 Å². The molecule has 0 atom stereocenters. The van der Waals surface area contributed by atoms with Gasteiger partial charge in [-0.15, -0.1) is 0 Å². The zero-order valence-electron chi connectivity index (χ0n) is 6.40. The molecule has 62 valence electrons. The second-order valence-corrected chi connectivity index (χ2v) is 3.52. The van der Waals surface area contributed by atoms with E-state index in [2.05, 4.69) is 0 Å². The highest BCUT2D eigenvalue weighted by molar-refractivity contribution is 8.16. The number of rotatable bonds is 0. The lowest BCUT2D eigenvalue weighted by Crippen LogP contribution is -2.04. The van der Waals surface area contributed by atoms with Crippen molar-refractivity contribution < 1.29 is 9.59 Å². The molecule has 4 heteroatoms. The van der Waals surface area contributed by atoms with Gasteiger partial charge in [-0.25, -0.2) is 0 Å². The number of ketones is 1. The molecular weight excluding hydrogens is 186 g/mol. The third kappa shape index (κ3) is 1.05. The summed E-state index contributed by atoms with van der Waals surface area (Å²) < 4.78 is 0. The van der Waals surface area contributed by atoms with Gasteiger partial charge < -0.3 is 0 Å². The largest absolute Gasteiger partial charge is 0.284 e. The molecule has 1 aliphatic rings. The Labute approximate surface area is 78.4 Å². The maximum atomic E-state index is 11.3. The van der Waals surface area contributed by atoms with Gasteiger partial charge in [-0.2, -0.15) is 5.26 Å². The molecule has 1 heterocycles. The Bertz CT molecular complexity index is 459. The van der Waals surface area contributed by atoms with Gasteiger partial charge >= 0.3 is 0 Å². The van der Waals surface area contributed by atoms with Crippen LogP contribution in [0.3, 0.4) is 0 Å². The minimum atomic E-state index is -0.558. The van der Waals surface area contributed by atoms with E-state index >= 15 is 0 Å². The number of nitrogens with zero attached hydrogens (tertiary/aromatic N) is 1. The summed E-state index contributed by atoms with van der Waals surface area (Å²) in [6.45, 7) is 0. The van der Waals surface area contributed by atoms with Gasteiger partial charge in [-0.05, 0) is 23.9 Å². The van der Waals surface area contributed by atoms with Crippen LogP contribution in [0.25, 0.3) is 0 Å². The van der Waals surface area contributed by atoms with Crippen LogP contribution in [0.5, 0.6) is 0 Å². The van der Waals surface area contributed by atoms with Crippen LogP contribution in [-0.4, -0.2) is 10.9 Å². The predicted molar refractivity (Wildman–Crippen MR) is 46.4 cm³/mol. The molecule has 2 rings (SSSR count). The number of Topliss-reactive ketones (excluding diaryl/α,β-unsaturated/α-hetero) is 1. The lowest BCUT2D eigenvalue weighted by molar-refractivity contribution is -0.107. The average Bonchev–Trinajstić information content (AvgIpc) is 2.43. The van der Waals surface area contributed by atoms with E-state index in [4.69, 9.17) is 5.26 Å². The van der Waals surface area contributed by atoms with Gasteiger partial charge in [0.1, 0.15) is 0 Å². The molecular formula is C9H3NO2S. The molecule has 3 nitrogen and oxygen atoms in total. The Hall–Kier alpha value is -1.60. The molecule has 0 aliphatic carbocycles. The number of benzene rings is 1. The first-order chi connectivity index (χ1) is 6.24. The highest BCUT2D eigenvalue weighted by atomic mass is 32.2. The number of thioether (sulfide) groups is 1. The van der Waals surface area contributed by atoms with Crippen LogP contribution in [0.2, 0.25) is 0 Å². The lowest BCUT2D eigenvalue weighted by Gasteiger charge is -1.95. The first-order valence-corrected chi connectivity index (χ1v) is 4.35. The summed E-state index contributed by atoms with van der Waals surface area (Å²) in [6, 6.07) is 6.76. The van der Waals surface area contributed by atoms with Crippen molar-refractivity contribution in [2.24, 2.45) is 0 Å². The quantitative estimate of drug-likeness (QED) is 0.578. The minimum Gasteiger partial charge on any atom is -0.284 e.